The number of nitrogens with zero attached hydrogens (tertiary/aromatic N) is 1. The van der Waals surface area contributed by atoms with Crippen molar-refractivity contribution in [3.63, 3.8) is 0 Å². The van der Waals surface area contributed by atoms with E-state index in [1.807, 2.05) is 12.1 Å². The molecular weight excluding hydrogens is 283 g/mol. The highest BCUT2D eigenvalue weighted by molar-refractivity contribution is 9.10. The summed E-state index contributed by atoms with van der Waals surface area (Å²) in [7, 11) is 0. The predicted octanol–water partition coefficient (Wildman–Crippen LogP) is 3.28. The van der Waals surface area contributed by atoms with E-state index in [-0.39, 0.29) is 5.82 Å². The summed E-state index contributed by atoms with van der Waals surface area (Å²) in [6.45, 7) is 4.45. The summed E-state index contributed by atoms with van der Waals surface area (Å²) in [5.41, 5.74) is 7.07. The molecule has 1 atom stereocenters. The smallest absolute Gasteiger partial charge is 0.160 e. The molecule has 1 fully saturated rings. The molecule has 1 aliphatic rings. The van der Waals surface area contributed by atoms with Crippen LogP contribution >= 0.6 is 15.9 Å². The lowest BCUT2D eigenvalue weighted by Gasteiger charge is -2.33. The highest BCUT2D eigenvalue weighted by Crippen LogP contribution is 2.31. The molecule has 2 rings (SSSR count). The Morgan fingerprint density at radius 1 is 1.53 bits per heavy atom. The maximum absolute atomic E-state index is 14.2. The molecule has 17 heavy (non-hydrogen) atoms. The van der Waals surface area contributed by atoms with Gasteiger partial charge in [0.25, 0.3) is 0 Å². The first-order valence-electron chi connectivity index (χ1n) is 6.05. The SMILES string of the molecule is CC1CCCN(c2ccc(CN)c(Br)c2F)C1. The second-order valence-electron chi connectivity index (χ2n) is 4.77. The third-order valence-corrected chi connectivity index (χ3v) is 4.22. The van der Waals surface area contributed by atoms with Crippen molar-refractivity contribution in [2.75, 3.05) is 18.0 Å². The van der Waals surface area contributed by atoms with Gasteiger partial charge in [0, 0.05) is 19.6 Å². The molecule has 2 nitrogen and oxygen atoms in total. The van der Waals surface area contributed by atoms with E-state index in [2.05, 4.69) is 27.8 Å². The fraction of sp³-hybridized carbons (Fsp3) is 0.538. The lowest BCUT2D eigenvalue weighted by Crippen LogP contribution is -2.34. The molecule has 1 aromatic rings. The van der Waals surface area contributed by atoms with Gasteiger partial charge in [-0.2, -0.15) is 0 Å². The van der Waals surface area contributed by atoms with Crippen LogP contribution in [0.3, 0.4) is 0 Å². The zero-order chi connectivity index (χ0) is 12.4. The molecule has 4 heteroatoms. The molecule has 0 saturated carbocycles. The maximum Gasteiger partial charge on any atom is 0.160 e. The van der Waals surface area contributed by atoms with E-state index >= 15 is 0 Å². The molecule has 0 bridgehead atoms. The molecule has 1 aromatic carbocycles. The van der Waals surface area contributed by atoms with E-state index in [1.54, 1.807) is 0 Å². The molecule has 1 saturated heterocycles. The first kappa shape index (κ1) is 12.8. The fourth-order valence-corrected chi connectivity index (χ4v) is 2.89. The van der Waals surface area contributed by atoms with E-state index < -0.39 is 0 Å². The quantitative estimate of drug-likeness (QED) is 0.908. The minimum atomic E-state index is -0.179. The highest BCUT2D eigenvalue weighted by Gasteiger charge is 2.21. The van der Waals surface area contributed by atoms with E-state index in [0.29, 0.717) is 22.6 Å². The summed E-state index contributed by atoms with van der Waals surface area (Å²) in [6, 6.07) is 3.75. The molecule has 0 aliphatic carbocycles. The molecule has 2 N–H and O–H groups in total. The van der Waals surface area contributed by atoms with Gasteiger partial charge in [0.1, 0.15) is 0 Å². The van der Waals surface area contributed by atoms with Crippen LogP contribution in [0.2, 0.25) is 0 Å². The Kier molecular flexibility index (Phi) is 4.05. The molecule has 1 heterocycles. The molecule has 1 aliphatic heterocycles. The third-order valence-electron chi connectivity index (χ3n) is 3.36. The van der Waals surface area contributed by atoms with Crippen molar-refractivity contribution < 1.29 is 4.39 Å². The van der Waals surface area contributed by atoms with Gasteiger partial charge in [0.15, 0.2) is 5.82 Å². The Hall–Kier alpha value is -0.610. The van der Waals surface area contributed by atoms with Gasteiger partial charge < -0.3 is 10.6 Å². The van der Waals surface area contributed by atoms with Crippen molar-refractivity contribution in [1.29, 1.82) is 0 Å². The van der Waals surface area contributed by atoms with E-state index in [4.69, 9.17) is 5.73 Å². The summed E-state index contributed by atoms with van der Waals surface area (Å²) >= 11 is 3.29. The van der Waals surface area contributed by atoms with Crippen molar-refractivity contribution in [3.05, 3.63) is 28.0 Å². The number of piperidine rings is 1. The first-order chi connectivity index (χ1) is 8.13. The number of hydrogen-bond acceptors (Lipinski definition) is 2. The van der Waals surface area contributed by atoms with Gasteiger partial charge >= 0.3 is 0 Å². The van der Waals surface area contributed by atoms with Crippen molar-refractivity contribution in [2.45, 2.75) is 26.3 Å². The van der Waals surface area contributed by atoms with Crippen LogP contribution in [0.15, 0.2) is 16.6 Å². The van der Waals surface area contributed by atoms with Crippen molar-refractivity contribution >= 4 is 21.6 Å². The fourth-order valence-electron chi connectivity index (χ4n) is 2.39. The summed E-state index contributed by atoms with van der Waals surface area (Å²) in [5, 5.41) is 0. The zero-order valence-electron chi connectivity index (χ0n) is 10.0. The van der Waals surface area contributed by atoms with E-state index in [9.17, 15) is 4.39 Å². The Balaban J connectivity index is 2.29. The average molecular weight is 301 g/mol. The molecular formula is C13H18BrFN2. The van der Waals surface area contributed by atoms with Gasteiger partial charge in [0.2, 0.25) is 0 Å². The molecule has 0 radical (unpaired) electrons. The number of hydrogen-bond donors (Lipinski definition) is 1. The Morgan fingerprint density at radius 3 is 2.94 bits per heavy atom. The Labute approximate surface area is 110 Å². The Bertz CT molecular complexity index is 409. The van der Waals surface area contributed by atoms with Gasteiger partial charge in [-0.25, -0.2) is 4.39 Å². The minimum absolute atomic E-state index is 0.179. The van der Waals surface area contributed by atoms with Crippen LogP contribution in [0.25, 0.3) is 0 Å². The normalized spacial score (nSPS) is 20.7. The minimum Gasteiger partial charge on any atom is -0.369 e. The van der Waals surface area contributed by atoms with Crippen LogP contribution in [0, 0.1) is 11.7 Å². The van der Waals surface area contributed by atoms with Gasteiger partial charge in [-0.05, 0) is 46.3 Å². The topological polar surface area (TPSA) is 29.3 Å². The van der Waals surface area contributed by atoms with Crippen molar-refractivity contribution in [3.8, 4) is 0 Å². The van der Waals surface area contributed by atoms with Crippen LogP contribution in [0.1, 0.15) is 25.3 Å². The maximum atomic E-state index is 14.2. The van der Waals surface area contributed by atoms with Crippen LogP contribution in [0.4, 0.5) is 10.1 Å². The summed E-state index contributed by atoms with van der Waals surface area (Å²) in [4.78, 5) is 2.13. The number of nitrogens with two attached hydrogens (primary N) is 1. The molecule has 0 amide bonds. The second-order valence-corrected chi connectivity index (χ2v) is 5.56. The van der Waals surface area contributed by atoms with Crippen LogP contribution in [-0.2, 0) is 6.54 Å². The molecule has 94 valence electrons. The summed E-state index contributed by atoms with van der Waals surface area (Å²) in [5.74, 6) is 0.457. The lowest BCUT2D eigenvalue weighted by atomic mass is 9.99. The summed E-state index contributed by atoms with van der Waals surface area (Å²) in [6.07, 6.45) is 2.37. The van der Waals surface area contributed by atoms with Crippen molar-refractivity contribution in [1.82, 2.24) is 0 Å². The predicted molar refractivity (Wildman–Crippen MR) is 72.6 cm³/mol. The van der Waals surface area contributed by atoms with Crippen LogP contribution < -0.4 is 10.6 Å². The standard InChI is InChI=1S/C13H18BrFN2/c1-9-3-2-6-17(8-9)11-5-4-10(7-16)12(14)13(11)15/h4-5,9H,2-3,6-8,16H2,1H3. The largest absolute Gasteiger partial charge is 0.369 e. The van der Waals surface area contributed by atoms with E-state index in [1.165, 1.54) is 6.42 Å². The highest BCUT2D eigenvalue weighted by atomic mass is 79.9. The number of halogens is 2. The molecule has 0 spiro atoms. The van der Waals surface area contributed by atoms with Gasteiger partial charge in [-0.15, -0.1) is 0 Å². The third kappa shape index (κ3) is 2.63. The average Bonchev–Trinajstić information content (AvgIpc) is 2.32. The van der Waals surface area contributed by atoms with E-state index in [0.717, 1.165) is 25.1 Å². The zero-order valence-corrected chi connectivity index (χ0v) is 11.6. The van der Waals surface area contributed by atoms with Gasteiger partial charge in [-0.1, -0.05) is 13.0 Å². The first-order valence-corrected chi connectivity index (χ1v) is 6.84. The number of anilines is 1. The molecule has 1 unspecified atom stereocenters. The monoisotopic (exact) mass is 300 g/mol. The van der Waals surface area contributed by atoms with Crippen LogP contribution in [0.5, 0.6) is 0 Å². The van der Waals surface area contributed by atoms with Crippen molar-refractivity contribution in [2.24, 2.45) is 11.7 Å². The van der Waals surface area contributed by atoms with Crippen LogP contribution in [-0.4, -0.2) is 13.1 Å². The number of rotatable bonds is 2. The summed E-state index contributed by atoms with van der Waals surface area (Å²) < 4.78 is 14.7. The lowest BCUT2D eigenvalue weighted by molar-refractivity contribution is 0.442. The van der Waals surface area contributed by atoms with Gasteiger partial charge in [-0.3, -0.25) is 0 Å². The second kappa shape index (κ2) is 5.36. The molecule has 0 aromatic heterocycles. The Morgan fingerprint density at radius 2 is 2.29 bits per heavy atom. The number of benzene rings is 1. The van der Waals surface area contributed by atoms with Gasteiger partial charge in [0.05, 0.1) is 10.2 Å².